The Morgan fingerprint density at radius 3 is 3.00 bits per heavy atom. The van der Waals surface area contributed by atoms with Crippen molar-refractivity contribution in [1.82, 2.24) is 4.72 Å². The highest BCUT2D eigenvalue weighted by molar-refractivity contribution is 7.97. The first kappa shape index (κ1) is 14.1. The number of benzene rings is 1. The molecule has 0 bridgehead atoms. The molecule has 1 aromatic carbocycles. The van der Waals surface area contributed by atoms with E-state index in [1.807, 2.05) is 12.1 Å². The van der Waals surface area contributed by atoms with Crippen LogP contribution in [0.15, 0.2) is 41.8 Å². The SMILES string of the molecule is C=C[C@H]1CC1C[C@@H](C)NSc1ccccc1[N+](=O)[O-]. The molecular weight excluding hydrogens is 260 g/mol. The van der Waals surface area contributed by atoms with E-state index in [-0.39, 0.29) is 10.6 Å². The van der Waals surface area contributed by atoms with Gasteiger partial charge in [-0.05, 0) is 49.6 Å². The van der Waals surface area contributed by atoms with Crippen molar-refractivity contribution in [2.75, 3.05) is 0 Å². The van der Waals surface area contributed by atoms with Gasteiger partial charge >= 0.3 is 0 Å². The van der Waals surface area contributed by atoms with E-state index in [4.69, 9.17) is 0 Å². The maximum absolute atomic E-state index is 10.9. The molecule has 0 heterocycles. The summed E-state index contributed by atoms with van der Waals surface area (Å²) >= 11 is 1.34. The van der Waals surface area contributed by atoms with Crippen molar-refractivity contribution >= 4 is 17.6 Å². The van der Waals surface area contributed by atoms with E-state index in [2.05, 4.69) is 18.2 Å². The summed E-state index contributed by atoms with van der Waals surface area (Å²) in [5.41, 5.74) is 0.155. The highest BCUT2D eigenvalue weighted by Crippen LogP contribution is 2.42. The molecule has 0 amide bonds. The average Bonchev–Trinajstić information content (AvgIpc) is 3.15. The van der Waals surface area contributed by atoms with Gasteiger partial charge in [-0.25, -0.2) is 0 Å². The molecule has 2 rings (SSSR count). The first-order valence-electron chi connectivity index (χ1n) is 6.40. The van der Waals surface area contributed by atoms with Crippen LogP contribution < -0.4 is 4.72 Å². The van der Waals surface area contributed by atoms with Crippen LogP contribution in [0.25, 0.3) is 0 Å². The third kappa shape index (κ3) is 3.81. The molecule has 0 radical (unpaired) electrons. The minimum absolute atomic E-state index is 0.155. The van der Waals surface area contributed by atoms with E-state index in [9.17, 15) is 10.1 Å². The smallest absolute Gasteiger partial charge is 0.258 e. The van der Waals surface area contributed by atoms with E-state index in [0.717, 1.165) is 12.3 Å². The Labute approximate surface area is 117 Å². The van der Waals surface area contributed by atoms with Crippen molar-refractivity contribution in [1.29, 1.82) is 0 Å². The molecule has 1 saturated carbocycles. The Morgan fingerprint density at radius 2 is 2.37 bits per heavy atom. The monoisotopic (exact) mass is 278 g/mol. The highest BCUT2D eigenvalue weighted by Gasteiger charge is 2.35. The van der Waals surface area contributed by atoms with Gasteiger partial charge < -0.3 is 0 Å². The number of nitrogens with zero attached hydrogens (tertiary/aromatic N) is 1. The first-order chi connectivity index (χ1) is 9.11. The predicted molar refractivity (Wildman–Crippen MR) is 78.0 cm³/mol. The molecule has 4 nitrogen and oxygen atoms in total. The molecule has 1 unspecified atom stereocenters. The zero-order valence-electron chi connectivity index (χ0n) is 10.9. The van der Waals surface area contributed by atoms with Gasteiger partial charge in [0.1, 0.15) is 4.90 Å². The Kier molecular flexibility index (Phi) is 4.61. The summed E-state index contributed by atoms with van der Waals surface area (Å²) in [6, 6.07) is 7.14. The highest BCUT2D eigenvalue weighted by atomic mass is 32.2. The first-order valence-corrected chi connectivity index (χ1v) is 7.21. The predicted octanol–water partition coefficient (Wildman–Crippen LogP) is 3.79. The third-order valence-corrected chi connectivity index (χ3v) is 4.45. The van der Waals surface area contributed by atoms with Gasteiger partial charge in [-0.1, -0.05) is 18.2 Å². The molecule has 5 heteroatoms. The van der Waals surface area contributed by atoms with Gasteiger partial charge in [-0.2, -0.15) is 0 Å². The Morgan fingerprint density at radius 1 is 1.63 bits per heavy atom. The molecule has 0 saturated heterocycles. The lowest BCUT2D eigenvalue weighted by Crippen LogP contribution is -2.19. The van der Waals surface area contributed by atoms with E-state index in [1.54, 1.807) is 12.1 Å². The lowest BCUT2D eigenvalue weighted by atomic mass is 10.1. The molecule has 1 aliphatic carbocycles. The van der Waals surface area contributed by atoms with Gasteiger partial charge in [0.25, 0.3) is 5.69 Å². The van der Waals surface area contributed by atoms with Crippen LogP contribution >= 0.6 is 11.9 Å². The topological polar surface area (TPSA) is 55.2 Å². The molecule has 0 spiro atoms. The van der Waals surface area contributed by atoms with E-state index in [1.165, 1.54) is 24.4 Å². The van der Waals surface area contributed by atoms with Gasteiger partial charge in [0.2, 0.25) is 0 Å². The van der Waals surface area contributed by atoms with Gasteiger partial charge in [0.15, 0.2) is 0 Å². The summed E-state index contributed by atoms with van der Waals surface area (Å²) < 4.78 is 3.29. The van der Waals surface area contributed by atoms with E-state index < -0.39 is 0 Å². The molecule has 1 N–H and O–H groups in total. The van der Waals surface area contributed by atoms with Crippen LogP contribution in [0.3, 0.4) is 0 Å². The van der Waals surface area contributed by atoms with Crippen molar-refractivity contribution in [3.05, 3.63) is 47.0 Å². The van der Waals surface area contributed by atoms with Crippen LogP contribution in [0.1, 0.15) is 19.8 Å². The minimum Gasteiger partial charge on any atom is -0.258 e. The maximum Gasteiger partial charge on any atom is 0.284 e. The summed E-state index contributed by atoms with van der Waals surface area (Å²) in [5.74, 6) is 1.40. The summed E-state index contributed by atoms with van der Waals surface area (Å²) in [6.07, 6.45) is 4.34. The molecule has 102 valence electrons. The summed E-state index contributed by atoms with van der Waals surface area (Å²) in [5, 5.41) is 10.9. The second-order valence-corrected chi connectivity index (χ2v) is 5.86. The number of hydrogen-bond acceptors (Lipinski definition) is 4. The second kappa shape index (κ2) is 6.21. The fourth-order valence-corrected chi connectivity index (χ4v) is 3.01. The van der Waals surface area contributed by atoms with Gasteiger partial charge in [0.05, 0.1) is 4.92 Å². The van der Waals surface area contributed by atoms with Crippen molar-refractivity contribution in [2.24, 2.45) is 11.8 Å². The van der Waals surface area contributed by atoms with Crippen LogP contribution in [-0.4, -0.2) is 11.0 Å². The van der Waals surface area contributed by atoms with Crippen molar-refractivity contribution in [3.63, 3.8) is 0 Å². The number of para-hydroxylation sites is 1. The largest absolute Gasteiger partial charge is 0.284 e. The van der Waals surface area contributed by atoms with Crippen LogP contribution in [0.2, 0.25) is 0 Å². The van der Waals surface area contributed by atoms with Crippen LogP contribution in [0, 0.1) is 22.0 Å². The zero-order chi connectivity index (χ0) is 13.8. The standard InChI is InChI=1S/C14H18N2O2S/c1-3-11-9-12(11)8-10(2)15-19-14-7-5-4-6-13(14)16(17)18/h3-7,10-12,15H,1,8-9H2,2H3/t10-,11+,12?/m1/s1. The molecule has 19 heavy (non-hydrogen) atoms. The Bertz CT molecular complexity index is 478. The van der Waals surface area contributed by atoms with E-state index in [0.29, 0.717) is 16.9 Å². The van der Waals surface area contributed by atoms with Gasteiger partial charge in [0, 0.05) is 12.1 Å². The van der Waals surface area contributed by atoms with Gasteiger partial charge in [-0.3, -0.25) is 14.8 Å². The van der Waals surface area contributed by atoms with Gasteiger partial charge in [-0.15, -0.1) is 6.58 Å². The molecule has 0 aliphatic heterocycles. The lowest BCUT2D eigenvalue weighted by molar-refractivity contribution is -0.387. The number of nitro benzene ring substituents is 1. The third-order valence-electron chi connectivity index (χ3n) is 3.37. The fourth-order valence-electron chi connectivity index (χ4n) is 2.19. The number of rotatable bonds is 7. The average molecular weight is 278 g/mol. The minimum atomic E-state index is -0.344. The Hall–Kier alpha value is -1.33. The molecule has 0 aromatic heterocycles. The normalized spacial score (nSPS) is 22.8. The summed E-state index contributed by atoms with van der Waals surface area (Å²) in [6.45, 7) is 5.92. The van der Waals surface area contributed by atoms with Crippen molar-refractivity contribution < 1.29 is 4.92 Å². The number of nitro groups is 1. The maximum atomic E-state index is 10.9. The van der Waals surface area contributed by atoms with Crippen LogP contribution in [0.4, 0.5) is 5.69 Å². The Balaban J connectivity index is 1.85. The number of hydrogen-bond donors (Lipinski definition) is 1. The number of allylic oxidation sites excluding steroid dienone is 1. The van der Waals surface area contributed by atoms with Crippen LogP contribution in [0.5, 0.6) is 0 Å². The molecule has 3 atom stereocenters. The van der Waals surface area contributed by atoms with E-state index >= 15 is 0 Å². The molecule has 1 aromatic rings. The number of nitrogens with one attached hydrogen (secondary N) is 1. The van der Waals surface area contributed by atoms with Crippen molar-refractivity contribution in [2.45, 2.75) is 30.7 Å². The summed E-state index contributed by atoms with van der Waals surface area (Å²) in [7, 11) is 0. The molecular formula is C14H18N2O2S. The lowest BCUT2D eigenvalue weighted by Gasteiger charge is -2.12. The van der Waals surface area contributed by atoms with Crippen molar-refractivity contribution in [3.8, 4) is 0 Å². The zero-order valence-corrected chi connectivity index (χ0v) is 11.7. The quantitative estimate of drug-likeness (QED) is 0.357. The second-order valence-electron chi connectivity index (χ2n) is 4.98. The fraction of sp³-hybridized carbons (Fsp3) is 0.429. The summed E-state index contributed by atoms with van der Waals surface area (Å²) in [4.78, 5) is 11.2. The van der Waals surface area contributed by atoms with Crippen LogP contribution in [-0.2, 0) is 0 Å². The molecule has 1 fully saturated rings. The molecule has 1 aliphatic rings.